The zero-order valence-corrected chi connectivity index (χ0v) is 10.9. The molecule has 0 radical (unpaired) electrons. The van der Waals surface area contributed by atoms with Gasteiger partial charge in [0.25, 0.3) is 0 Å². The summed E-state index contributed by atoms with van der Waals surface area (Å²) in [5, 5.41) is 2.77. The molecule has 0 fully saturated rings. The number of hydrogen-bond acceptors (Lipinski definition) is 2. The van der Waals surface area contributed by atoms with Crippen molar-refractivity contribution < 1.29 is 4.79 Å². The van der Waals surface area contributed by atoms with E-state index in [0.29, 0.717) is 6.54 Å². The molecule has 17 heavy (non-hydrogen) atoms. The number of carbonyl (C=O) groups is 1. The van der Waals surface area contributed by atoms with E-state index >= 15 is 0 Å². The van der Waals surface area contributed by atoms with Crippen molar-refractivity contribution >= 4 is 23.2 Å². The zero-order chi connectivity index (χ0) is 12.5. The maximum Gasteiger partial charge on any atom is 0.234 e. The predicted molar refractivity (Wildman–Crippen MR) is 72.7 cm³/mol. The van der Waals surface area contributed by atoms with Crippen molar-refractivity contribution in [3.05, 3.63) is 30.3 Å². The van der Waals surface area contributed by atoms with Crippen molar-refractivity contribution in [2.24, 2.45) is 0 Å². The molecule has 1 aromatic rings. The molecule has 0 saturated heterocycles. The van der Waals surface area contributed by atoms with E-state index in [1.165, 1.54) is 5.69 Å². The number of halogens is 1. The molecule has 0 saturated carbocycles. The van der Waals surface area contributed by atoms with E-state index in [2.05, 4.69) is 29.3 Å². The Bertz CT molecular complexity index is 329. The highest BCUT2D eigenvalue weighted by Crippen LogP contribution is 2.12. The largest absolute Gasteiger partial charge is 0.372 e. The summed E-state index contributed by atoms with van der Waals surface area (Å²) in [5.74, 6) is -0.0645. The first-order chi connectivity index (χ1) is 8.27. The molecule has 4 heteroatoms. The van der Waals surface area contributed by atoms with Crippen molar-refractivity contribution in [3.63, 3.8) is 0 Å². The van der Waals surface area contributed by atoms with Crippen LogP contribution in [0.4, 0.5) is 5.69 Å². The molecule has 0 bridgehead atoms. The monoisotopic (exact) mass is 254 g/mol. The van der Waals surface area contributed by atoms with Crippen LogP contribution in [0.1, 0.15) is 13.3 Å². The van der Waals surface area contributed by atoms with Crippen LogP contribution in [0.3, 0.4) is 0 Å². The van der Waals surface area contributed by atoms with Crippen molar-refractivity contribution in [1.29, 1.82) is 0 Å². The van der Waals surface area contributed by atoms with Crippen LogP contribution in [-0.4, -0.2) is 31.4 Å². The maximum absolute atomic E-state index is 10.9. The summed E-state index contributed by atoms with van der Waals surface area (Å²) in [6.45, 7) is 4.70. The Morgan fingerprint density at radius 3 is 2.65 bits per heavy atom. The van der Waals surface area contributed by atoms with E-state index in [-0.39, 0.29) is 11.8 Å². The number of nitrogens with zero attached hydrogens (tertiary/aromatic N) is 1. The average molecular weight is 255 g/mol. The van der Waals surface area contributed by atoms with Crippen molar-refractivity contribution in [2.45, 2.75) is 13.3 Å². The first-order valence-corrected chi connectivity index (χ1v) is 6.44. The Morgan fingerprint density at radius 2 is 2.06 bits per heavy atom. The number of para-hydroxylation sites is 1. The lowest BCUT2D eigenvalue weighted by molar-refractivity contribution is -0.118. The van der Waals surface area contributed by atoms with Gasteiger partial charge < -0.3 is 10.2 Å². The van der Waals surface area contributed by atoms with Gasteiger partial charge in [-0.25, -0.2) is 0 Å². The van der Waals surface area contributed by atoms with Gasteiger partial charge in [0, 0.05) is 25.3 Å². The predicted octanol–water partition coefficient (Wildman–Crippen LogP) is 2.26. The van der Waals surface area contributed by atoms with Crippen LogP contribution in [0.2, 0.25) is 0 Å². The number of hydrogen-bond donors (Lipinski definition) is 1. The summed E-state index contributed by atoms with van der Waals surface area (Å²) in [6, 6.07) is 10.3. The molecule has 0 spiro atoms. The standard InChI is InChI=1S/C13H19ClN2O/c1-2-16(12-7-4-3-5-8-12)10-6-9-15-13(17)11-14/h3-5,7-8H,2,6,9-11H2,1H3,(H,15,17). The van der Waals surface area contributed by atoms with Crippen LogP contribution in [0, 0.1) is 0 Å². The quantitative estimate of drug-likeness (QED) is 0.598. The molecule has 1 N–H and O–H groups in total. The molecule has 94 valence electrons. The van der Waals surface area contributed by atoms with E-state index in [9.17, 15) is 4.79 Å². The van der Waals surface area contributed by atoms with Crippen LogP contribution >= 0.6 is 11.6 Å². The number of anilines is 1. The first kappa shape index (κ1) is 13.8. The minimum atomic E-state index is -0.102. The lowest BCUT2D eigenvalue weighted by Gasteiger charge is -2.23. The molecular formula is C13H19ClN2O. The van der Waals surface area contributed by atoms with Gasteiger partial charge in [-0.1, -0.05) is 18.2 Å². The highest BCUT2D eigenvalue weighted by Gasteiger charge is 2.03. The molecule has 3 nitrogen and oxygen atoms in total. The Morgan fingerprint density at radius 1 is 1.35 bits per heavy atom. The van der Waals surface area contributed by atoms with Gasteiger partial charge in [-0.2, -0.15) is 0 Å². The Hall–Kier alpha value is -1.22. The highest BCUT2D eigenvalue weighted by molar-refractivity contribution is 6.27. The fraction of sp³-hybridized carbons (Fsp3) is 0.462. The van der Waals surface area contributed by atoms with Gasteiger partial charge >= 0.3 is 0 Å². The molecule has 0 heterocycles. The smallest absolute Gasteiger partial charge is 0.234 e. The molecule has 0 aromatic heterocycles. The summed E-state index contributed by atoms with van der Waals surface area (Å²) < 4.78 is 0. The van der Waals surface area contributed by atoms with Crippen molar-refractivity contribution in [1.82, 2.24) is 5.32 Å². The van der Waals surface area contributed by atoms with E-state index in [0.717, 1.165) is 19.5 Å². The second kappa shape index (κ2) is 7.96. The average Bonchev–Trinajstić information content (AvgIpc) is 2.39. The van der Waals surface area contributed by atoms with Gasteiger partial charge in [0.15, 0.2) is 0 Å². The molecule has 0 aliphatic rings. The highest BCUT2D eigenvalue weighted by atomic mass is 35.5. The lowest BCUT2D eigenvalue weighted by atomic mass is 10.2. The minimum Gasteiger partial charge on any atom is -0.372 e. The summed E-state index contributed by atoms with van der Waals surface area (Å²) >= 11 is 5.39. The fourth-order valence-electron chi connectivity index (χ4n) is 1.65. The Kier molecular flexibility index (Phi) is 6.48. The fourth-order valence-corrected chi connectivity index (χ4v) is 1.75. The molecule has 0 aliphatic heterocycles. The van der Waals surface area contributed by atoms with E-state index in [4.69, 9.17) is 11.6 Å². The van der Waals surface area contributed by atoms with Crippen molar-refractivity contribution in [2.75, 3.05) is 30.4 Å². The van der Waals surface area contributed by atoms with Gasteiger partial charge in [0.05, 0.1) is 0 Å². The summed E-state index contributed by atoms with van der Waals surface area (Å²) in [5.41, 5.74) is 1.22. The van der Waals surface area contributed by atoms with Gasteiger partial charge in [0.1, 0.15) is 5.88 Å². The summed E-state index contributed by atoms with van der Waals surface area (Å²) in [4.78, 5) is 13.2. The maximum atomic E-state index is 10.9. The number of carbonyl (C=O) groups excluding carboxylic acids is 1. The van der Waals surface area contributed by atoms with E-state index in [1.807, 2.05) is 18.2 Å². The molecule has 1 amide bonds. The Labute approximate surface area is 108 Å². The summed E-state index contributed by atoms with van der Waals surface area (Å²) in [6.07, 6.45) is 0.922. The molecule has 1 rings (SSSR count). The lowest BCUT2D eigenvalue weighted by Crippen LogP contribution is -2.30. The van der Waals surface area contributed by atoms with Gasteiger partial charge in [-0.3, -0.25) is 4.79 Å². The number of amides is 1. The topological polar surface area (TPSA) is 32.3 Å². The summed E-state index contributed by atoms with van der Waals surface area (Å²) in [7, 11) is 0. The number of alkyl halides is 1. The van der Waals surface area contributed by atoms with E-state index < -0.39 is 0 Å². The molecule has 0 unspecified atom stereocenters. The molecule has 0 aliphatic carbocycles. The third kappa shape index (κ3) is 5.09. The number of benzene rings is 1. The SMILES string of the molecule is CCN(CCCNC(=O)CCl)c1ccccc1. The van der Waals surface area contributed by atoms with Crippen LogP contribution < -0.4 is 10.2 Å². The second-order valence-corrected chi connectivity index (χ2v) is 4.02. The minimum absolute atomic E-state index is 0.0379. The van der Waals surface area contributed by atoms with Gasteiger partial charge in [0.2, 0.25) is 5.91 Å². The zero-order valence-electron chi connectivity index (χ0n) is 10.2. The Balaban J connectivity index is 2.31. The number of nitrogens with one attached hydrogen (secondary N) is 1. The van der Waals surface area contributed by atoms with Crippen LogP contribution in [0.25, 0.3) is 0 Å². The van der Waals surface area contributed by atoms with Crippen LogP contribution in [0.5, 0.6) is 0 Å². The molecule has 1 aromatic carbocycles. The van der Waals surface area contributed by atoms with Gasteiger partial charge in [-0.05, 0) is 25.5 Å². The van der Waals surface area contributed by atoms with Crippen LogP contribution in [-0.2, 0) is 4.79 Å². The second-order valence-electron chi connectivity index (χ2n) is 3.75. The van der Waals surface area contributed by atoms with Crippen molar-refractivity contribution in [3.8, 4) is 0 Å². The van der Waals surface area contributed by atoms with Gasteiger partial charge in [-0.15, -0.1) is 11.6 Å². The normalized spacial score (nSPS) is 10.0. The number of rotatable bonds is 7. The third-order valence-corrected chi connectivity index (χ3v) is 2.79. The van der Waals surface area contributed by atoms with Crippen LogP contribution in [0.15, 0.2) is 30.3 Å². The third-order valence-electron chi connectivity index (χ3n) is 2.55. The first-order valence-electron chi connectivity index (χ1n) is 5.90. The molecule has 0 atom stereocenters. The van der Waals surface area contributed by atoms with E-state index in [1.54, 1.807) is 0 Å². The molecular weight excluding hydrogens is 236 g/mol.